The maximum atomic E-state index is 13.1. The Bertz CT molecular complexity index is 900. The molecule has 2 rings (SSSR count). The zero-order chi connectivity index (χ0) is 23.0. The van der Waals surface area contributed by atoms with Crippen LogP contribution in [0.2, 0.25) is 0 Å². The molecule has 0 aliphatic heterocycles. The highest BCUT2D eigenvalue weighted by molar-refractivity contribution is 5.96. The summed E-state index contributed by atoms with van der Waals surface area (Å²) in [4.78, 5) is 23.5. The monoisotopic (exact) mass is 439 g/mol. The maximum absolute atomic E-state index is 13.1. The summed E-state index contributed by atoms with van der Waals surface area (Å²) >= 11 is 0. The van der Waals surface area contributed by atoms with E-state index >= 15 is 0 Å². The minimum absolute atomic E-state index is 0.0527. The van der Waals surface area contributed by atoms with Crippen molar-refractivity contribution in [1.29, 1.82) is 0 Å². The van der Waals surface area contributed by atoms with Crippen molar-refractivity contribution in [1.82, 2.24) is 10.6 Å². The molecular weight excluding hydrogens is 415 g/mol. The highest BCUT2D eigenvalue weighted by Gasteiger charge is 2.31. The van der Waals surface area contributed by atoms with Gasteiger partial charge in [0.2, 0.25) is 5.91 Å². The van der Waals surface area contributed by atoms with Gasteiger partial charge in [0.1, 0.15) is 11.5 Å². The van der Waals surface area contributed by atoms with Gasteiger partial charge in [0.05, 0.1) is 24.4 Å². The summed E-state index contributed by atoms with van der Waals surface area (Å²) in [6.45, 7) is 5.33. The van der Waals surface area contributed by atoms with Crippen LogP contribution in [0.25, 0.3) is 0 Å². The zero-order valence-electron chi connectivity index (χ0n) is 17.3. The third-order valence-electron chi connectivity index (χ3n) is 3.78. The fraction of sp³-hybridized carbons (Fsp3) is 0.333. The van der Waals surface area contributed by atoms with Gasteiger partial charge in [-0.1, -0.05) is 0 Å². The average Bonchev–Trinajstić information content (AvgIpc) is 2.67. The maximum Gasteiger partial charge on any atom is 0.416 e. The number of ether oxygens (including phenoxy) is 2. The third-order valence-corrected chi connectivity index (χ3v) is 3.78. The lowest BCUT2D eigenvalue weighted by Crippen LogP contribution is -2.44. The van der Waals surface area contributed by atoms with Crippen molar-refractivity contribution in [3.63, 3.8) is 0 Å². The number of halogens is 3. The molecule has 0 bridgehead atoms. The third kappa shape index (κ3) is 7.72. The van der Waals surface area contributed by atoms with E-state index in [4.69, 9.17) is 9.47 Å². The van der Waals surface area contributed by atoms with Crippen molar-refractivity contribution < 1.29 is 32.2 Å². The quantitative estimate of drug-likeness (QED) is 0.562. The summed E-state index contributed by atoms with van der Waals surface area (Å²) in [7, 11) is 0. The van der Waals surface area contributed by atoms with Gasteiger partial charge in [0, 0.05) is 6.04 Å². The Balaban J connectivity index is 2.16. The minimum Gasteiger partial charge on any atom is -0.494 e. The number of alkyl halides is 3. The summed E-state index contributed by atoms with van der Waals surface area (Å²) in [6, 6.07) is 8.54. The molecule has 0 saturated heterocycles. The number of nitrogens with one attached hydrogen (secondary N) is 3. The van der Waals surface area contributed by atoms with Gasteiger partial charge in [-0.15, -0.1) is 0 Å². The molecule has 7 nitrogen and oxygen atoms in total. The second-order valence-electron chi connectivity index (χ2n) is 6.75. The number of urea groups is 1. The molecule has 2 aromatic carbocycles. The molecular formula is C21H24F3N3O4. The van der Waals surface area contributed by atoms with Crippen LogP contribution in [0.4, 0.5) is 23.7 Å². The van der Waals surface area contributed by atoms with Gasteiger partial charge in [-0.2, -0.15) is 13.2 Å². The van der Waals surface area contributed by atoms with Crippen molar-refractivity contribution >= 4 is 17.6 Å². The molecule has 2 aromatic rings. The lowest BCUT2D eigenvalue weighted by molar-refractivity contribution is -0.137. The van der Waals surface area contributed by atoms with Crippen molar-refractivity contribution in [2.24, 2.45) is 0 Å². The number of rotatable bonds is 8. The first kappa shape index (κ1) is 23.8. The Morgan fingerprint density at radius 1 is 1.03 bits per heavy atom. The largest absolute Gasteiger partial charge is 0.494 e. The molecule has 0 atom stereocenters. The minimum atomic E-state index is -4.58. The van der Waals surface area contributed by atoms with E-state index in [-0.39, 0.29) is 17.5 Å². The first-order valence-electron chi connectivity index (χ1n) is 9.54. The van der Waals surface area contributed by atoms with E-state index in [1.54, 1.807) is 38.1 Å². The van der Waals surface area contributed by atoms with E-state index in [9.17, 15) is 22.8 Å². The number of carbonyl (C=O) groups is 2. The van der Waals surface area contributed by atoms with Crippen molar-refractivity contribution in [3.05, 3.63) is 48.0 Å². The number of hydrogen-bond acceptors (Lipinski definition) is 5. The molecule has 0 radical (unpaired) electrons. The number of benzene rings is 2. The van der Waals surface area contributed by atoms with E-state index in [2.05, 4.69) is 16.0 Å². The second kappa shape index (κ2) is 10.6. The van der Waals surface area contributed by atoms with E-state index in [1.165, 1.54) is 0 Å². The van der Waals surface area contributed by atoms with Crippen LogP contribution in [0.3, 0.4) is 0 Å². The Kier molecular flexibility index (Phi) is 8.12. The van der Waals surface area contributed by atoms with Crippen LogP contribution in [0.5, 0.6) is 17.2 Å². The SMILES string of the molecule is CCOc1ccc(Oc2ccc(C(F)(F)F)cc2NCC(=O)NC(=O)NC(C)C)cc1. The lowest BCUT2D eigenvalue weighted by Gasteiger charge is -2.16. The first-order valence-corrected chi connectivity index (χ1v) is 9.54. The number of carbonyl (C=O) groups excluding carboxylic acids is 2. The fourth-order valence-electron chi connectivity index (χ4n) is 2.48. The Morgan fingerprint density at radius 3 is 2.26 bits per heavy atom. The van der Waals surface area contributed by atoms with E-state index in [0.29, 0.717) is 18.1 Å². The van der Waals surface area contributed by atoms with Crippen LogP contribution in [0, 0.1) is 0 Å². The van der Waals surface area contributed by atoms with Crippen molar-refractivity contribution in [2.75, 3.05) is 18.5 Å². The summed E-state index contributed by atoms with van der Waals surface area (Å²) in [5.74, 6) is 0.350. The summed E-state index contributed by atoms with van der Waals surface area (Å²) in [5.41, 5.74) is -0.963. The van der Waals surface area contributed by atoms with Crippen LogP contribution >= 0.6 is 0 Å². The lowest BCUT2D eigenvalue weighted by atomic mass is 10.1. The molecule has 0 aromatic heterocycles. The topological polar surface area (TPSA) is 88.7 Å². The number of amides is 3. The van der Waals surface area contributed by atoms with Crippen LogP contribution in [-0.4, -0.2) is 31.1 Å². The molecule has 10 heteroatoms. The molecule has 168 valence electrons. The summed E-state index contributed by atoms with van der Waals surface area (Å²) in [5, 5.41) is 7.16. The molecule has 0 aliphatic rings. The fourth-order valence-corrected chi connectivity index (χ4v) is 2.48. The van der Waals surface area contributed by atoms with E-state index in [1.807, 2.05) is 6.92 Å². The molecule has 0 fully saturated rings. The van der Waals surface area contributed by atoms with Crippen LogP contribution in [0.1, 0.15) is 26.3 Å². The predicted molar refractivity (Wildman–Crippen MR) is 109 cm³/mol. The molecule has 3 N–H and O–H groups in total. The van der Waals surface area contributed by atoms with Crippen molar-refractivity contribution in [2.45, 2.75) is 33.0 Å². The van der Waals surface area contributed by atoms with Gasteiger partial charge in [0.25, 0.3) is 0 Å². The highest BCUT2D eigenvalue weighted by atomic mass is 19.4. The number of hydrogen-bond donors (Lipinski definition) is 3. The Morgan fingerprint density at radius 2 is 1.68 bits per heavy atom. The molecule has 3 amide bonds. The second-order valence-corrected chi connectivity index (χ2v) is 6.75. The standard InChI is InChI=1S/C21H24F3N3O4/c1-4-30-15-6-8-16(9-7-15)31-18-10-5-14(21(22,23)24)11-17(18)25-12-19(28)27-20(29)26-13(2)3/h5-11,13,25H,4,12H2,1-3H3,(H2,26,27,28,29). The van der Waals surface area contributed by atoms with Crippen LogP contribution < -0.4 is 25.4 Å². The highest BCUT2D eigenvalue weighted by Crippen LogP contribution is 2.37. The van der Waals surface area contributed by atoms with Gasteiger partial charge in [-0.05, 0) is 63.2 Å². The van der Waals surface area contributed by atoms with Gasteiger partial charge in [-0.3, -0.25) is 10.1 Å². The molecule has 0 unspecified atom stereocenters. The normalized spacial score (nSPS) is 11.1. The van der Waals surface area contributed by atoms with Gasteiger partial charge in [-0.25, -0.2) is 4.79 Å². The Labute approximate surface area is 177 Å². The van der Waals surface area contributed by atoms with E-state index < -0.39 is 30.2 Å². The molecule has 31 heavy (non-hydrogen) atoms. The predicted octanol–water partition coefficient (Wildman–Crippen LogP) is 4.54. The van der Waals surface area contributed by atoms with Crippen LogP contribution in [-0.2, 0) is 11.0 Å². The average molecular weight is 439 g/mol. The number of imide groups is 1. The summed E-state index contributed by atoms with van der Waals surface area (Å²) in [6.07, 6.45) is -4.58. The molecule has 0 heterocycles. The van der Waals surface area contributed by atoms with Gasteiger partial charge < -0.3 is 20.1 Å². The number of anilines is 1. The summed E-state index contributed by atoms with van der Waals surface area (Å²) < 4.78 is 50.4. The molecule has 0 aliphatic carbocycles. The van der Waals surface area contributed by atoms with Gasteiger partial charge in [0.15, 0.2) is 5.75 Å². The zero-order valence-corrected chi connectivity index (χ0v) is 17.3. The van der Waals surface area contributed by atoms with Crippen LogP contribution in [0.15, 0.2) is 42.5 Å². The Hall–Kier alpha value is -3.43. The smallest absolute Gasteiger partial charge is 0.416 e. The van der Waals surface area contributed by atoms with E-state index in [0.717, 1.165) is 18.2 Å². The van der Waals surface area contributed by atoms with Crippen molar-refractivity contribution in [3.8, 4) is 17.2 Å². The molecule has 0 spiro atoms. The first-order chi connectivity index (χ1) is 14.6. The van der Waals surface area contributed by atoms with Gasteiger partial charge >= 0.3 is 12.2 Å². The molecule has 0 saturated carbocycles.